The van der Waals surface area contributed by atoms with Crippen molar-refractivity contribution in [2.75, 3.05) is 13.1 Å². The number of hydrogen-bond acceptors (Lipinski definition) is 2. The van der Waals surface area contributed by atoms with Gasteiger partial charge in [-0.2, -0.15) is 0 Å². The summed E-state index contributed by atoms with van der Waals surface area (Å²) in [6, 6.07) is 0.970. The smallest absolute Gasteiger partial charge is 0.223 e. The van der Waals surface area contributed by atoms with Gasteiger partial charge in [0.25, 0.3) is 0 Å². The van der Waals surface area contributed by atoms with Crippen LogP contribution in [0.15, 0.2) is 0 Å². The average molecular weight is 238 g/mol. The Labute approximate surface area is 105 Å². The maximum atomic E-state index is 12.4. The van der Waals surface area contributed by atoms with Gasteiger partial charge in [-0.15, -0.1) is 0 Å². The molecule has 98 valence electrons. The molecule has 0 aliphatic carbocycles. The van der Waals surface area contributed by atoms with Gasteiger partial charge in [-0.25, -0.2) is 0 Å². The number of carbonyl (C=O) groups is 1. The minimum atomic E-state index is 0.399. The van der Waals surface area contributed by atoms with Crippen LogP contribution in [0, 0.1) is 5.92 Å². The fourth-order valence-electron chi connectivity index (χ4n) is 3.37. The number of carbonyl (C=O) groups excluding carboxylic acids is 1. The highest BCUT2D eigenvalue weighted by molar-refractivity contribution is 5.77. The molecule has 3 atom stereocenters. The van der Waals surface area contributed by atoms with Crippen LogP contribution >= 0.6 is 0 Å². The summed E-state index contributed by atoms with van der Waals surface area (Å²) < 4.78 is 0. The largest absolute Gasteiger partial charge is 0.337 e. The summed E-state index contributed by atoms with van der Waals surface area (Å²) in [5.74, 6) is 0.970. The molecular weight excluding hydrogens is 212 g/mol. The molecule has 2 saturated heterocycles. The zero-order valence-corrected chi connectivity index (χ0v) is 11.2. The van der Waals surface area contributed by atoms with Crippen molar-refractivity contribution in [1.29, 1.82) is 0 Å². The first-order valence-electron chi connectivity index (χ1n) is 7.24. The van der Waals surface area contributed by atoms with Gasteiger partial charge in [-0.05, 0) is 58.0 Å². The van der Waals surface area contributed by atoms with Crippen molar-refractivity contribution >= 4 is 5.91 Å². The highest BCUT2D eigenvalue weighted by Crippen LogP contribution is 2.28. The lowest BCUT2D eigenvalue weighted by molar-refractivity contribution is -0.135. The molecule has 1 N–H and O–H groups in total. The van der Waals surface area contributed by atoms with Crippen molar-refractivity contribution in [3.05, 3.63) is 0 Å². The van der Waals surface area contributed by atoms with Crippen LogP contribution in [0.25, 0.3) is 0 Å². The summed E-state index contributed by atoms with van der Waals surface area (Å²) in [6.07, 6.45) is 6.70. The predicted molar refractivity (Wildman–Crippen MR) is 69.8 cm³/mol. The topological polar surface area (TPSA) is 32.3 Å². The van der Waals surface area contributed by atoms with E-state index in [4.69, 9.17) is 0 Å². The van der Waals surface area contributed by atoms with Crippen LogP contribution < -0.4 is 5.32 Å². The number of rotatable bonds is 3. The highest BCUT2D eigenvalue weighted by Gasteiger charge is 2.33. The summed E-state index contributed by atoms with van der Waals surface area (Å²) in [4.78, 5) is 14.6. The number of likely N-dealkylation sites (tertiary alicyclic amines) is 1. The molecule has 0 saturated carbocycles. The van der Waals surface area contributed by atoms with Crippen LogP contribution in [0.3, 0.4) is 0 Å². The Hall–Kier alpha value is -0.570. The Morgan fingerprint density at radius 2 is 2.18 bits per heavy atom. The lowest BCUT2D eigenvalue weighted by Gasteiger charge is -2.31. The molecule has 2 heterocycles. The maximum Gasteiger partial charge on any atom is 0.223 e. The molecule has 2 fully saturated rings. The van der Waals surface area contributed by atoms with E-state index in [1.54, 1.807) is 0 Å². The molecule has 2 rings (SSSR count). The molecule has 2 aliphatic rings. The molecular formula is C14H26N2O. The van der Waals surface area contributed by atoms with Crippen LogP contribution in [0.4, 0.5) is 0 Å². The van der Waals surface area contributed by atoms with Crippen LogP contribution in [0.5, 0.6) is 0 Å². The van der Waals surface area contributed by atoms with Crippen molar-refractivity contribution in [2.45, 2.75) is 64.5 Å². The summed E-state index contributed by atoms with van der Waals surface area (Å²) in [5, 5.41) is 3.40. The van der Waals surface area contributed by atoms with Gasteiger partial charge in [0.05, 0.1) is 0 Å². The average Bonchev–Trinajstić information content (AvgIpc) is 2.71. The Morgan fingerprint density at radius 1 is 1.35 bits per heavy atom. The van der Waals surface area contributed by atoms with Crippen LogP contribution in [0.1, 0.15) is 52.4 Å². The number of nitrogens with one attached hydrogen (secondary N) is 1. The third-order valence-electron chi connectivity index (χ3n) is 4.41. The Balaban J connectivity index is 1.89. The fraction of sp³-hybridized carbons (Fsp3) is 0.929. The molecule has 0 spiro atoms. The third kappa shape index (κ3) is 3.01. The van der Waals surface area contributed by atoms with Gasteiger partial charge in [-0.3, -0.25) is 4.79 Å². The number of piperidine rings is 1. The normalized spacial score (nSPS) is 34.0. The monoisotopic (exact) mass is 238 g/mol. The second-order valence-corrected chi connectivity index (χ2v) is 5.71. The molecule has 1 amide bonds. The summed E-state index contributed by atoms with van der Waals surface area (Å²) in [7, 11) is 0. The zero-order valence-electron chi connectivity index (χ0n) is 11.2. The van der Waals surface area contributed by atoms with E-state index in [-0.39, 0.29) is 0 Å². The maximum absolute atomic E-state index is 12.4. The number of nitrogens with zero attached hydrogens (tertiary/aromatic N) is 1. The van der Waals surface area contributed by atoms with E-state index in [0.717, 1.165) is 25.9 Å². The van der Waals surface area contributed by atoms with Crippen molar-refractivity contribution in [3.8, 4) is 0 Å². The van der Waals surface area contributed by atoms with Crippen molar-refractivity contribution in [3.63, 3.8) is 0 Å². The lowest BCUT2D eigenvalue weighted by Crippen LogP contribution is -2.42. The van der Waals surface area contributed by atoms with E-state index >= 15 is 0 Å². The standard InChI is InChI=1S/C14H26N2O/c1-3-13-7-6-11(2)16(13)14(17)9-12-5-4-8-15-10-12/h11-13,15H,3-10H2,1-2H3. The Bertz CT molecular complexity index is 261. The van der Waals surface area contributed by atoms with Gasteiger partial charge in [0, 0.05) is 18.5 Å². The lowest BCUT2D eigenvalue weighted by atomic mass is 9.95. The van der Waals surface area contributed by atoms with E-state index in [9.17, 15) is 4.79 Å². The molecule has 3 heteroatoms. The first-order valence-corrected chi connectivity index (χ1v) is 7.24. The molecule has 2 aliphatic heterocycles. The van der Waals surface area contributed by atoms with Crippen LogP contribution in [-0.4, -0.2) is 36.0 Å². The Morgan fingerprint density at radius 3 is 2.82 bits per heavy atom. The molecule has 0 aromatic heterocycles. The van der Waals surface area contributed by atoms with Crippen molar-refractivity contribution < 1.29 is 4.79 Å². The minimum Gasteiger partial charge on any atom is -0.337 e. The van der Waals surface area contributed by atoms with Gasteiger partial charge in [0.2, 0.25) is 5.91 Å². The van der Waals surface area contributed by atoms with Gasteiger partial charge in [-0.1, -0.05) is 6.92 Å². The molecule has 0 aromatic carbocycles. The zero-order chi connectivity index (χ0) is 12.3. The van der Waals surface area contributed by atoms with Crippen LogP contribution in [-0.2, 0) is 4.79 Å². The van der Waals surface area contributed by atoms with Crippen molar-refractivity contribution in [2.24, 2.45) is 5.92 Å². The minimum absolute atomic E-state index is 0.399. The highest BCUT2D eigenvalue weighted by atomic mass is 16.2. The van der Waals surface area contributed by atoms with E-state index < -0.39 is 0 Å². The van der Waals surface area contributed by atoms with Gasteiger partial charge in [0.15, 0.2) is 0 Å². The molecule has 17 heavy (non-hydrogen) atoms. The van der Waals surface area contributed by atoms with Gasteiger partial charge < -0.3 is 10.2 Å². The second-order valence-electron chi connectivity index (χ2n) is 5.71. The molecule has 3 nitrogen and oxygen atoms in total. The third-order valence-corrected chi connectivity index (χ3v) is 4.41. The van der Waals surface area contributed by atoms with E-state index in [1.165, 1.54) is 25.7 Å². The van der Waals surface area contributed by atoms with E-state index in [1.807, 2.05) is 0 Å². The van der Waals surface area contributed by atoms with E-state index in [0.29, 0.717) is 23.9 Å². The van der Waals surface area contributed by atoms with Crippen LogP contribution in [0.2, 0.25) is 0 Å². The SMILES string of the molecule is CCC1CCC(C)N1C(=O)CC1CCCNC1. The first kappa shape index (κ1) is 12.9. The number of amides is 1. The predicted octanol–water partition coefficient (Wildman–Crippen LogP) is 2.17. The quantitative estimate of drug-likeness (QED) is 0.817. The van der Waals surface area contributed by atoms with Gasteiger partial charge in [0.1, 0.15) is 0 Å². The molecule has 0 radical (unpaired) electrons. The molecule has 3 unspecified atom stereocenters. The second kappa shape index (κ2) is 5.85. The van der Waals surface area contributed by atoms with Gasteiger partial charge >= 0.3 is 0 Å². The molecule has 0 bridgehead atoms. The summed E-state index contributed by atoms with van der Waals surface area (Å²) in [6.45, 7) is 6.56. The Kier molecular flexibility index (Phi) is 4.43. The molecule has 0 aromatic rings. The fourth-order valence-corrected chi connectivity index (χ4v) is 3.37. The van der Waals surface area contributed by atoms with Crippen molar-refractivity contribution in [1.82, 2.24) is 10.2 Å². The van der Waals surface area contributed by atoms with E-state index in [2.05, 4.69) is 24.1 Å². The first-order chi connectivity index (χ1) is 8.22. The number of hydrogen-bond donors (Lipinski definition) is 1. The summed E-state index contributed by atoms with van der Waals surface area (Å²) in [5.41, 5.74) is 0. The summed E-state index contributed by atoms with van der Waals surface area (Å²) >= 11 is 0.